The Morgan fingerprint density at radius 3 is 2.19 bits per heavy atom. The summed E-state index contributed by atoms with van der Waals surface area (Å²) in [6.45, 7) is 6.09. The van der Waals surface area contributed by atoms with Gasteiger partial charge in [0.1, 0.15) is 5.56 Å². The Balaban J connectivity index is 3.35. The maximum Gasteiger partial charge on any atom is 0.420 e. The molecule has 1 aromatic rings. The Bertz CT molecular complexity index is 754. The number of hydrogen-bond acceptors (Lipinski definition) is 5. The van der Waals surface area contributed by atoms with Gasteiger partial charge in [0.2, 0.25) is 5.91 Å². The zero-order chi connectivity index (χ0) is 20.8. The minimum Gasteiger partial charge on any atom is -0.423 e. The molecule has 0 saturated heterocycles. The molecule has 0 aliphatic rings. The van der Waals surface area contributed by atoms with Gasteiger partial charge in [0.25, 0.3) is 0 Å². The number of nitrogens with one attached hydrogen (secondary N) is 1. The number of hydrogen-bond donors (Lipinski definition) is 1. The number of rotatable bonds is 6. The summed E-state index contributed by atoms with van der Waals surface area (Å²) in [6.07, 6.45) is -2.69. The van der Waals surface area contributed by atoms with Gasteiger partial charge in [-0.15, -0.1) is 0 Å². The number of esters is 2. The summed E-state index contributed by atoms with van der Waals surface area (Å²) in [4.78, 5) is 34.1. The van der Waals surface area contributed by atoms with Gasteiger partial charge in [-0.2, -0.15) is 13.2 Å². The fraction of sp³-hybridized carbons (Fsp3) is 0.389. The number of carbonyl (C=O) groups excluding carboxylic acids is 3. The van der Waals surface area contributed by atoms with E-state index in [0.717, 1.165) is 32.1 Å². The second-order valence-corrected chi connectivity index (χ2v) is 6.05. The van der Waals surface area contributed by atoms with Gasteiger partial charge in [-0.25, -0.2) is 0 Å². The van der Waals surface area contributed by atoms with Crippen molar-refractivity contribution in [3.05, 3.63) is 29.3 Å². The molecule has 0 aliphatic heterocycles. The minimum atomic E-state index is -4.89. The summed E-state index contributed by atoms with van der Waals surface area (Å²) in [5, 5.41) is 2.58. The van der Waals surface area contributed by atoms with E-state index in [1.54, 1.807) is 0 Å². The van der Waals surface area contributed by atoms with Crippen molar-refractivity contribution >= 4 is 23.9 Å². The normalized spacial score (nSPS) is 11.6. The lowest BCUT2D eigenvalue weighted by Crippen LogP contribution is -2.25. The van der Waals surface area contributed by atoms with Gasteiger partial charge < -0.3 is 14.8 Å². The molecule has 0 spiro atoms. The van der Waals surface area contributed by atoms with Crippen LogP contribution in [0.5, 0.6) is 11.5 Å². The summed E-state index contributed by atoms with van der Waals surface area (Å²) < 4.78 is 49.5. The predicted octanol–water partition coefficient (Wildman–Crippen LogP) is 3.34. The van der Waals surface area contributed by atoms with Gasteiger partial charge in [0, 0.05) is 26.5 Å². The molecule has 0 aliphatic carbocycles. The molecule has 6 nitrogen and oxygen atoms in total. The number of carbonyl (C=O) groups is 3. The van der Waals surface area contributed by atoms with Crippen molar-refractivity contribution in [2.75, 3.05) is 6.54 Å². The monoisotopic (exact) mass is 387 g/mol. The first-order valence-electron chi connectivity index (χ1n) is 7.98. The van der Waals surface area contributed by atoms with Crippen LogP contribution in [0.25, 0.3) is 6.08 Å². The van der Waals surface area contributed by atoms with Gasteiger partial charge in [-0.3, -0.25) is 14.4 Å². The smallest absolute Gasteiger partial charge is 0.420 e. The molecule has 1 N–H and O–H groups in total. The zero-order valence-corrected chi connectivity index (χ0v) is 15.3. The molecule has 27 heavy (non-hydrogen) atoms. The molecular weight excluding hydrogens is 367 g/mol. The lowest BCUT2D eigenvalue weighted by Gasteiger charge is -2.16. The first-order chi connectivity index (χ1) is 12.4. The second-order valence-electron chi connectivity index (χ2n) is 6.05. The predicted molar refractivity (Wildman–Crippen MR) is 90.9 cm³/mol. The quantitative estimate of drug-likeness (QED) is 0.460. The highest BCUT2D eigenvalue weighted by Crippen LogP contribution is 2.43. The van der Waals surface area contributed by atoms with Crippen molar-refractivity contribution in [2.45, 2.75) is 33.9 Å². The topological polar surface area (TPSA) is 81.7 Å². The Kier molecular flexibility index (Phi) is 7.56. The van der Waals surface area contributed by atoms with Crippen LogP contribution in [-0.4, -0.2) is 24.4 Å². The number of alkyl halides is 3. The highest BCUT2D eigenvalue weighted by atomic mass is 19.4. The summed E-state index contributed by atoms with van der Waals surface area (Å²) in [5.41, 5.74) is -1.37. The average molecular weight is 387 g/mol. The largest absolute Gasteiger partial charge is 0.423 e. The molecule has 0 saturated carbocycles. The van der Waals surface area contributed by atoms with Crippen LogP contribution < -0.4 is 14.8 Å². The molecule has 0 heterocycles. The van der Waals surface area contributed by atoms with Crippen molar-refractivity contribution < 1.29 is 37.0 Å². The van der Waals surface area contributed by atoms with Crippen molar-refractivity contribution in [1.29, 1.82) is 0 Å². The molecule has 0 atom stereocenters. The fourth-order valence-electron chi connectivity index (χ4n) is 1.95. The molecule has 0 radical (unpaired) electrons. The molecule has 1 amide bonds. The number of amides is 1. The number of benzene rings is 1. The van der Waals surface area contributed by atoms with E-state index in [4.69, 9.17) is 4.74 Å². The van der Waals surface area contributed by atoms with Crippen LogP contribution in [0.1, 0.15) is 38.8 Å². The highest BCUT2D eigenvalue weighted by molar-refractivity contribution is 5.92. The summed E-state index contributed by atoms with van der Waals surface area (Å²) in [7, 11) is 0. The van der Waals surface area contributed by atoms with E-state index in [0.29, 0.717) is 12.6 Å². The van der Waals surface area contributed by atoms with E-state index >= 15 is 0 Å². The SMILES string of the molecule is CC(=O)Oc1cc(/C=C/C(=O)NCC(C)C)cc(C(F)(F)F)c1OC(C)=O. The van der Waals surface area contributed by atoms with Crippen LogP contribution >= 0.6 is 0 Å². The first kappa shape index (κ1) is 22.2. The molecule has 0 fully saturated rings. The second kappa shape index (κ2) is 9.20. The molecule has 1 aromatic carbocycles. The van der Waals surface area contributed by atoms with E-state index in [9.17, 15) is 27.6 Å². The van der Waals surface area contributed by atoms with Gasteiger partial charge in [-0.1, -0.05) is 13.8 Å². The van der Waals surface area contributed by atoms with Crippen LogP contribution in [0.4, 0.5) is 13.2 Å². The Morgan fingerprint density at radius 1 is 1.11 bits per heavy atom. The molecule has 9 heteroatoms. The van der Waals surface area contributed by atoms with Crippen molar-refractivity contribution in [1.82, 2.24) is 5.32 Å². The van der Waals surface area contributed by atoms with Gasteiger partial charge in [0.05, 0.1) is 0 Å². The fourth-order valence-corrected chi connectivity index (χ4v) is 1.95. The van der Waals surface area contributed by atoms with E-state index in [1.165, 1.54) is 0 Å². The van der Waals surface area contributed by atoms with Crippen LogP contribution in [0.2, 0.25) is 0 Å². The molecule has 0 aromatic heterocycles. The summed E-state index contributed by atoms with van der Waals surface area (Å²) in [6, 6.07) is 1.76. The first-order valence-corrected chi connectivity index (χ1v) is 7.98. The Labute approximate surface area is 154 Å². The lowest BCUT2D eigenvalue weighted by molar-refractivity contribution is -0.143. The van der Waals surface area contributed by atoms with Crippen molar-refractivity contribution in [3.63, 3.8) is 0 Å². The Morgan fingerprint density at radius 2 is 1.70 bits per heavy atom. The van der Waals surface area contributed by atoms with E-state index in [1.807, 2.05) is 13.8 Å². The van der Waals surface area contributed by atoms with E-state index in [2.05, 4.69) is 10.1 Å². The molecule has 148 valence electrons. The molecule has 0 unspecified atom stereocenters. The van der Waals surface area contributed by atoms with Crippen LogP contribution in [-0.2, 0) is 20.6 Å². The highest BCUT2D eigenvalue weighted by Gasteiger charge is 2.37. The molecule has 0 bridgehead atoms. The average Bonchev–Trinajstić information content (AvgIpc) is 2.50. The van der Waals surface area contributed by atoms with E-state index in [-0.39, 0.29) is 11.5 Å². The molecular formula is C18H20F3NO5. The Hall–Kier alpha value is -2.84. The zero-order valence-electron chi connectivity index (χ0n) is 15.3. The number of ether oxygens (including phenoxy) is 2. The summed E-state index contributed by atoms with van der Waals surface area (Å²) >= 11 is 0. The standard InChI is InChI=1S/C18H20F3NO5/c1-10(2)9-22-16(25)6-5-13-7-14(18(19,20)21)17(27-12(4)24)15(8-13)26-11(3)23/h5-8,10H,9H2,1-4H3,(H,22,25)/b6-5+. The van der Waals surface area contributed by atoms with Gasteiger partial charge >= 0.3 is 18.1 Å². The van der Waals surface area contributed by atoms with E-state index < -0.39 is 41.1 Å². The minimum absolute atomic E-state index is 0.0610. The van der Waals surface area contributed by atoms with Gasteiger partial charge in [-0.05, 0) is 29.7 Å². The maximum absolute atomic E-state index is 13.4. The maximum atomic E-state index is 13.4. The van der Waals surface area contributed by atoms with Crippen molar-refractivity contribution in [2.24, 2.45) is 5.92 Å². The van der Waals surface area contributed by atoms with Crippen LogP contribution in [0.15, 0.2) is 18.2 Å². The molecule has 1 rings (SSSR count). The lowest BCUT2D eigenvalue weighted by atomic mass is 10.1. The number of halogens is 3. The van der Waals surface area contributed by atoms with Crippen LogP contribution in [0, 0.1) is 5.92 Å². The van der Waals surface area contributed by atoms with Crippen molar-refractivity contribution in [3.8, 4) is 11.5 Å². The third-order valence-corrected chi connectivity index (χ3v) is 2.99. The van der Waals surface area contributed by atoms with Gasteiger partial charge in [0.15, 0.2) is 11.5 Å². The third-order valence-electron chi connectivity index (χ3n) is 2.99. The third kappa shape index (κ3) is 7.51. The van der Waals surface area contributed by atoms with Crippen LogP contribution in [0.3, 0.4) is 0 Å². The summed E-state index contributed by atoms with van der Waals surface area (Å²) in [5.74, 6) is -3.67.